The Bertz CT molecular complexity index is 687. The fraction of sp³-hybridized carbons (Fsp3) is 0.500. The number of nitrogens with zero attached hydrogens (tertiary/aromatic N) is 2. The van der Waals surface area contributed by atoms with E-state index in [-0.39, 0.29) is 18.6 Å². The normalized spacial score (nSPS) is 22.1. The molecule has 4 N–H and O–H groups in total. The van der Waals surface area contributed by atoms with Crippen LogP contribution >= 0.6 is 0 Å². The largest absolute Gasteiger partial charge is 0.395 e. The van der Waals surface area contributed by atoms with Crippen molar-refractivity contribution in [2.24, 2.45) is 5.73 Å². The van der Waals surface area contributed by atoms with Crippen molar-refractivity contribution in [3.8, 4) is 0 Å². The fourth-order valence-electron chi connectivity index (χ4n) is 3.28. The number of fused-ring (bicyclic) bond motifs is 1. The first-order chi connectivity index (χ1) is 10.6. The molecule has 0 aliphatic heterocycles. The molecule has 1 saturated carbocycles. The number of amides is 1. The highest BCUT2D eigenvalue weighted by molar-refractivity contribution is 5.96. The molecule has 0 radical (unpaired) electrons. The van der Waals surface area contributed by atoms with Crippen LogP contribution in [0.1, 0.15) is 47.8 Å². The number of rotatable bonds is 4. The van der Waals surface area contributed by atoms with Crippen molar-refractivity contribution < 1.29 is 15.0 Å². The lowest BCUT2D eigenvalue weighted by atomic mass is 9.87. The third-order valence-electron chi connectivity index (χ3n) is 4.45. The molecule has 0 atom stereocenters. The van der Waals surface area contributed by atoms with E-state index in [1.165, 1.54) is 0 Å². The molecule has 2 aromatic rings. The van der Waals surface area contributed by atoms with Crippen LogP contribution < -0.4 is 5.73 Å². The van der Waals surface area contributed by atoms with Gasteiger partial charge in [-0.2, -0.15) is 0 Å². The Balaban J connectivity index is 2.04. The van der Waals surface area contributed by atoms with Gasteiger partial charge in [0.1, 0.15) is 5.82 Å². The van der Waals surface area contributed by atoms with Gasteiger partial charge in [0.2, 0.25) is 5.91 Å². The minimum absolute atomic E-state index is 0.0331. The van der Waals surface area contributed by atoms with Gasteiger partial charge in [0.05, 0.1) is 23.7 Å². The van der Waals surface area contributed by atoms with E-state index in [0.29, 0.717) is 12.1 Å². The zero-order chi connectivity index (χ0) is 15.7. The zero-order valence-corrected chi connectivity index (χ0v) is 12.4. The average molecular weight is 303 g/mol. The number of primary amides is 1. The van der Waals surface area contributed by atoms with Crippen LogP contribution in [-0.4, -0.2) is 38.4 Å². The van der Waals surface area contributed by atoms with Crippen LogP contribution in [0.15, 0.2) is 18.2 Å². The number of hydrogen-bond acceptors (Lipinski definition) is 4. The minimum atomic E-state index is -0.471. The second kappa shape index (κ2) is 6.06. The number of aliphatic hydroxyl groups is 2. The SMILES string of the molecule is NC(=O)c1ccc2c(c1)nc(C1CCC(O)CC1)n2CCO. The second-order valence-corrected chi connectivity index (χ2v) is 5.92. The van der Waals surface area contributed by atoms with Crippen LogP contribution in [0.2, 0.25) is 0 Å². The molecular formula is C16H21N3O3. The summed E-state index contributed by atoms with van der Waals surface area (Å²) >= 11 is 0. The van der Waals surface area contributed by atoms with Crippen molar-refractivity contribution in [2.45, 2.75) is 44.2 Å². The summed E-state index contributed by atoms with van der Waals surface area (Å²) in [6.45, 7) is 0.506. The van der Waals surface area contributed by atoms with E-state index in [4.69, 9.17) is 5.73 Å². The number of aromatic nitrogens is 2. The lowest BCUT2D eigenvalue weighted by Gasteiger charge is -2.25. The first kappa shape index (κ1) is 15.0. The molecule has 0 bridgehead atoms. The molecule has 1 aliphatic carbocycles. The number of nitrogens with two attached hydrogens (primary N) is 1. The van der Waals surface area contributed by atoms with Gasteiger partial charge in [0, 0.05) is 18.0 Å². The molecule has 0 unspecified atom stereocenters. The molecule has 1 aromatic heterocycles. The molecule has 1 aliphatic rings. The molecule has 118 valence electrons. The Morgan fingerprint density at radius 1 is 1.32 bits per heavy atom. The molecule has 1 heterocycles. The number of hydrogen-bond donors (Lipinski definition) is 3. The van der Waals surface area contributed by atoms with Crippen molar-refractivity contribution >= 4 is 16.9 Å². The van der Waals surface area contributed by atoms with E-state index in [0.717, 1.165) is 42.5 Å². The van der Waals surface area contributed by atoms with Crippen molar-refractivity contribution in [1.82, 2.24) is 9.55 Å². The number of benzene rings is 1. The smallest absolute Gasteiger partial charge is 0.248 e. The Morgan fingerprint density at radius 3 is 2.68 bits per heavy atom. The summed E-state index contributed by atoms with van der Waals surface area (Å²) in [4.78, 5) is 16.0. The van der Waals surface area contributed by atoms with Gasteiger partial charge in [-0.1, -0.05) is 0 Å². The van der Waals surface area contributed by atoms with E-state index in [2.05, 4.69) is 4.98 Å². The monoisotopic (exact) mass is 303 g/mol. The van der Waals surface area contributed by atoms with Gasteiger partial charge in [-0.15, -0.1) is 0 Å². The lowest BCUT2D eigenvalue weighted by Crippen LogP contribution is -2.20. The maximum atomic E-state index is 11.3. The molecular weight excluding hydrogens is 282 g/mol. The van der Waals surface area contributed by atoms with Crippen molar-refractivity contribution in [3.63, 3.8) is 0 Å². The summed E-state index contributed by atoms with van der Waals surface area (Å²) in [6.07, 6.45) is 3.12. The van der Waals surface area contributed by atoms with E-state index in [1.54, 1.807) is 12.1 Å². The number of carbonyl (C=O) groups is 1. The quantitative estimate of drug-likeness (QED) is 0.788. The van der Waals surface area contributed by atoms with Gasteiger partial charge in [-0.3, -0.25) is 4.79 Å². The van der Waals surface area contributed by atoms with Crippen LogP contribution in [0.4, 0.5) is 0 Å². The molecule has 0 saturated heterocycles. The van der Waals surface area contributed by atoms with E-state index < -0.39 is 5.91 Å². The minimum Gasteiger partial charge on any atom is -0.395 e. The molecule has 0 spiro atoms. The molecule has 1 amide bonds. The van der Waals surface area contributed by atoms with E-state index in [1.807, 2.05) is 10.6 Å². The summed E-state index contributed by atoms with van der Waals surface area (Å²) in [6, 6.07) is 5.22. The number of carbonyl (C=O) groups excluding carboxylic acids is 1. The van der Waals surface area contributed by atoms with Crippen LogP contribution in [0.3, 0.4) is 0 Å². The van der Waals surface area contributed by atoms with Gasteiger partial charge in [0.25, 0.3) is 0 Å². The fourth-order valence-corrected chi connectivity index (χ4v) is 3.28. The van der Waals surface area contributed by atoms with Crippen LogP contribution in [-0.2, 0) is 6.54 Å². The summed E-state index contributed by atoms with van der Waals surface area (Å²) in [5.41, 5.74) is 7.39. The first-order valence-corrected chi connectivity index (χ1v) is 7.69. The molecule has 6 heteroatoms. The summed E-state index contributed by atoms with van der Waals surface area (Å²) in [7, 11) is 0. The third-order valence-corrected chi connectivity index (χ3v) is 4.45. The highest BCUT2D eigenvalue weighted by atomic mass is 16.3. The zero-order valence-electron chi connectivity index (χ0n) is 12.4. The molecule has 3 rings (SSSR count). The summed E-state index contributed by atoms with van der Waals surface area (Å²) < 4.78 is 2.02. The maximum Gasteiger partial charge on any atom is 0.248 e. The predicted molar refractivity (Wildman–Crippen MR) is 82.6 cm³/mol. The summed E-state index contributed by atoms with van der Waals surface area (Å²) in [5.74, 6) is 0.734. The molecule has 22 heavy (non-hydrogen) atoms. The standard InChI is InChI=1S/C16H21N3O3/c17-15(22)11-3-6-14-13(9-11)18-16(19(14)7-8-20)10-1-4-12(21)5-2-10/h3,6,9-10,12,20-21H,1-2,4-5,7-8H2,(H2,17,22). The van der Waals surface area contributed by atoms with Crippen molar-refractivity contribution in [3.05, 3.63) is 29.6 Å². The molecule has 1 aromatic carbocycles. The van der Waals surface area contributed by atoms with Crippen molar-refractivity contribution in [2.75, 3.05) is 6.61 Å². The Hall–Kier alpha value is -1.92. The van der Waals surface area contributed by atoms with E-state index >= 15 is 0 Å². The molecule has 6 nitrogen and oxygen atoms in total. The van der Waals surface area contributed by atoms with Crippen LogP contribution in [0, 0.1) is 0 Å². The maximum absolute atomic E-state index is 11.3. The van der Waals surface area contributed by atoms with Gasteiger partial charge >= 0.3 is 0 Å². The second-order valence-electron chi connectivity index (χ2n) is 5.92. The number of aliphatic hydroxyl groups excluding tert-OH is 2. The highest BCUT2D eigenvalue weighted by Crippen LogP contribution is 2.34. The average Bonchev–Trinajstić information content (AvgIpc) is 2.86. The Morgan fingerprint density at radius 2 is 2.05 bits per heavy atom. The van der Waals surface area contributed by atoms with Crippen molar-refractivity contribution in [1.29, 1.82) is 0 Å². The first-order valence-electron chi connectivity index (χ1n) is 7.69. The van der Waals surface area contributed by atoms with Gasteiger partial charge < -0.3 is 20.5 Å². The van der Waals surface area contributed by atoms with Gasteiger partial charge in [-0.25, -0.2) is 4.98 Å². The third kappa shape index (κ3) is 2.71. The predicted octanol–water partition coefficient (Wildman–Crippen LogP) is 1.15. The lowest BCUT2D eigenvalue weighted by molar-refractivity contribution is 0.100. The Labute approximate surface area is 128 Å². The molecule has 1 fully saturated rings. The van der Waals surface area contributed by atoms with E-state index in [9.17, 15) is 15.0 Å². The highest BCUT2D eigenvalue weighted by Gasteiger charge is 2.25. The number of imidazole rings is 1. The van der Waals surface area contributed by atoms with Gasteiger partial charge in [0.15, 0.2) is 0 Å². The van der Waals surface area contributed by atoms with Gasteiger partial charge in [-0.05, 0) is 43.9 Å². The Kier molecular flexibility index (Phi) is 4.13. The van der Waals surface area contributed by atoms with Crippen LogP contribution in [0.5, 0.6) is 0 Å². The van der Waals surface area contributed by atoms with Crippen LogP contribution in [0.25, 0.3) is 11.0 Å². The topological polar surface area (TPSA) is 101 Å². The summed E-state index contributed by atoms with van der Waals surface area (Å²) in [5, 5.41) is 19.0.